The SMILES string of the molecule is Cn1cc(-c2cc3c(-c4ccc(NC(=O)C(C)(O)c5ccc(Cl)cc5)cc4)ncnn3c2)cn1.Cn1cc(-c2cc3c(-c4ccc(NC(=O)[C@@](C)(O)c5ccc(Cl)cc5)cc4)ncnn3c2)cn1.Cn1cc(-c2cc3c(-c4ccc(NC(=O)[C@](C)(O)c5ccc(Cl)cc5)cc4)ncnn3c2)cn1. The Bertz CT molecular complexity index is 5000. The molecular weight excluding hydrogens is 1360 g/mol. The number of nitrogens with zero attached hydrogens (tertiary/aromatic N) is 15. The van der Waals surface area contributed by atoms with Gasteiger partial charge in [-0.3, -0.25) is 28.4 Å². The summed E-state index contributed by atoms with van der Waals surface area (Å²) in [4.78, 5) is 51.7. The number of aryl methyl sites for hydroxylation is 3. The largest absolute Gasteiger partial charge is 0.376 e. The summed E-state index contributed by atoms with van der Waals surface area (Å²) >= 11 is 17.7. The number of nitrogens with one attached hydrogen (secondary N) is 3. The Balaban J connectivity index is 0.000000137. The average Bonchev–Trinajstić information content (AvgIpc) is 1.62. The molecule has 9 aromatic heterocycles. The van der Waals surface area contributed by atoms with Gasteiger partial charge in [-0.05, 0) is 128 Å². The van der Waals surface area contributed by atoms with E-state index in [9.17, 15) is 29.7 Å². The number of fused-ring (bicyclic) bond motifs is 3. The molecule has 0 bridgehead atoms. The molecule has 0 aliphatic heterocycles. The zero-order valence-electron chi connectivity index (χ0n) is 55.4. The van der Waals surface area contributed by atoms with Gasteiger partial charge in [0.15, 0.2) is 16.8 Å². The first kappa shape index (κ1) is 68.5. The number of rotatable bonds is 15. The molecule has 3 amide bonds. The Morgan fingerprint density at radius 2 is 0.578 bits per heavy atom. The normalized spacial score (nSPS) is 13.1. The van der Waals surface area contributed by atoms with Gasteiger partial charge in [0, 0.05) is 141 Å². The second-order valence-corrected chi connectivity index (χ2v) is 25.9. The minimum Gasteiger partial charge on any atom is -0.376 e. The molecule has 0 saturated heterocycles. The fourth-order valence-corrected chi connectivity index (χ4v) is 11.6. The summed E-state index contributed by atoms with van der Waals surface area (Å²) < 4.78 is 10.6. The molecule has 0 radical (unpaired) electrons. The van der Waals surface area contributed by atoms with Crippen molar-refractivity contribution in [1.82, 2.24) is 73.1 Å². The Hall–Kier alpha value is -12.0. The smallest absolute Gasteiger partial charge is 0.260 e. The summed E-state index contributed by atoms with van der Waals surface area (Å²) in [6, 6.07) is 47.5. The highest BCUT2D eigenvalue weighted by molar-refractivity contribution is 6.31. The summed E-state index contributed by atoms with van der Waals surface area (Å²) in [5, 5.41) is 67.9. The maximum Gasteiger partial charge on any atom is 0.260 e. The average molecular weight is 1420 g/mol. The highest BCUT2D eigenvalue weighted by Gasteiger charge is 2.35. The van der Waals surface area contributed by atoms with Gasteiger partial charge < -0.3 is 31.3 Å². The molecule has 6 aromatic carbocycles. The lowest BCUT2D eigenvalue weighted by molar-refractivity contribution is -0.133. The second-order valence-electron chi connectivity index (χ2n) is 24.5. The van der Waals surface area contributed by atoms with Crippen molar-refractivity contribution >= 4 is 86.1 Å². The van der Waals surface area contributed by atoms with Gasteiger partial charge in [0.2, 0.25) is 0 Å². The molecule has 0 spiro atoms. The summed E-state index contributed by atoms with van der Waals surface area (Å²) in [6.45, 7) is 4.35. The fourth-order valence-electron chi connectivity index (χ4n) is 11.3. The van der Waals surface area contributed by atoms with E-state index in [1.54, 1.807) is 155 Å². The van der Waals surface area contributed by atoms with Crippen LogP contribution in [0.2, 0.25) is 15.1 Å². The van der Waals surface area contributed by atoms with Crippen LogP contribution in [0.15, 0.2) is 239 Å². The van der Waals surface area contributed by atoms with E-state index in [0.29, 0.717) is 48.8 Å². The van der Waals surface area contributed by atoms with Crippen LogP contribution in [0.3, 0.4) is 0 Å². The van der Waals surface area contributed by atoms with Crippen LogP contribution in [0, 0.1) is 0 Å². The van der Waals surface area contributed by atoms with E-state index in [4.69, 9.17) is 34.8 Å². The summed E-state index contributed by atoms with van der Waals surface area (Å²) in [5.74, 6) is -1.63. The summed E-state index contributed by atoms with van der Waals surface area (Å²) in [6.07, 6.45) is 21.6. The number of anilines is 3. The lowest BCUT2D eigenvalue weighted by atomic mass is 9.95. The van der Waals surface area contributed by atoms with E-state index < -0.39 is 34.5 Å². The number of halogens is 3. The van der Waals surface area contributed by atoms with Crippen LogP contribution >= 0.6 is 34.8 Å². The standard InChI is InChI=1S/3C25H21ClN6O2/c3*1-25(34,19-5-7-20(26)8-6-19)24(33)30-21-9-3-16(4-10-21)23-22-11-17(14-32(22)29-15-27-23)18-12-28-31(2)13-18/h3*3-15,34H,1-2H3,(H,30,33)/t2*25-;/m10./s1. The Labute approximate surface area is 597 Å². The molecular formula is C75H63Cl3N18O6. The minimum absolute atomic E-state index is 0.451. The van der Waals surface area contributed by atoms with Crippen LogP contribution in [0.5, 0.6) is 0 Å². The molecule has 0 aliphatic carbocycles. The zero-order valence-corrected chi connectivity index (χ0v) is 57.7. The zero-order chi connectivity index (χ0) is 71.6. The first-order valence-electron chi connectivity index (χ1n) is 31.6. The maximum absolute atomic E-state index is 12.8. The van der Waals surface area contributed by atoms with Crippen molar-refractivity contribution < 1.29 is 29.7 Å². The molecule has 15 rings (SSSR count). The van der Waals surface area contributed by atoms with E-state index >= 15 is 0 Å². The van der Waals surface area contributed by atoms with Gasteiger partial charge in [0.05, 0.1) is 52.2 Å². The minimum atomic E-state index is -1.71. The van der Waals surface area contributed by atoms with Gasteiger partial charge >= 0.3 is 0 Å². The number of hydrogen-bond donors (Lipinski definition) is 6. The van der Waals surface area contributed by atoms with Gasteiger partial charge in [-0.1, -0.05) is 108 Å². The Kier molecular flexibility index (Phi) is 19.0. The quantitative estimate of drug-likeness (QED) is 0.0556. The monoisotopic (exact) mass is 1420 g/mol. The van der Waals surface area contributed by atoms with E-state index in [-0.39, 0.29) is 0 Å². The number of hydrogen-bond acceptors (Lipinski definition) is 15. The van der Waals surface area contributed by atoms with Crippen molar-refractivity contribution in [2.45, 2.75) is 37.6 Å². The number of carbonyl (C=O) groups is 3. The van der Waals surface area contributed by atoms with Crippen LogP contribution in [0.1, 0.15) is 37.5 Å². The second kappa shape index (κ2) is 28.3. The third-order valence-corrected chi connectivity index (χ3v) is 17.9. The molecule has 0 fully saturated rings. The van der Waals surface area contributed by atoms with Gasteiger partial charge in [0.1, 0.15) is 19.0 Å². The molecule has 15 aromatic rings. The van der Waals surface area contributed by atoms with Crippen molar-refractivity contribution in [2.24, 2.45) is 21.1 Å². The van der Waals surface area contributed by atoms with Crippen LogP contribution in [-0.4, -0.2) is 106 Å². The van der Waals surface area contributed by atoms with Crippen molar-refractivity contribution in [3.63, 3.8) is 0 Å². The highest BCUT2D eigenvalue weighted by Crippen LogP contribution is 2.35. The van der Waals surface area contributed by atoms with Crippen LogP contribution < -0.4 is 16.0 Å². The Morgan fingerprint density at radius 3 is 0.804 bits per heavy atom. The van der Waals surface area contributed by atoms with Gasteiger partial charge in [0.25, 0.3) is 17.7 Å². The third kappa shape index (κ3) is 14.7. The third-order valence-electron chi connectivity index (χ3n) is 17.1. The molecule has 0 saturated carbocycles. The van der Waals surface area contributed by atoms with Crippen molar-refractivity contribution in [1.29, 1.82) is 0 Å². The van der Waals surface area contributed by atoms with E-state index in [1.807, 2.05) is 113 Å². The van der Waals surface area contributed by atoms with E-state index in [2.05, 4.69) is 61.5 Å². The van der Waals surface area contributed by atoms with Crippen LogP contribution in [0.25, 0.3) is 83.7 Å². The lowest BCUT2D eigenvalue weighted by Gasteiger charge is -2.23. The van der Waals surface area contributed by atoms with E-state index in [0.717, 1.165) is 83.7 Å². The maximum atomic E-state index is 12.8. The highest BCUT2D eigenvalue weighted by atomic mass is 35.5. The van der Waals surface area contributed by atoms with E-state index in [1.165, 1.54) is 39.8 Å². The first-order valence-corrected chi connectivity index (χ1v) is 32.7. The lowest BCUT2D eigenvalue weighted by Crippen LogP contribution is -2.37. The molecule has 510 valence electrons. The van der Waals surface area contributed by atoms with Gasteiger partial charge in [-0.2, -0.15) is 30.6 Å². The number of benzene rings is 6. The van der Waals surface area contributed by atoms with Crippen molar-refractivity contribution in [2.75, 3.05) is 16.0 Å². The van der Waals surface area contributed by atoms with Crippen molar-refractivity contribution in [3.8, 4) is 67.2 Å². The Morgan fingerprint density at radius 1 is 0.333 bits per heavy atom. The molecule has 6 N–H and O–H groups in total. The number of amides is 3. The topological polar surface area (TPSA) is 292 Å². The van der Waals surface area contributed by atoms with Crippen LogP contribution in [0.4, 0.5) is 17.1 Å². The van der Waals surface area contributed by atoms with Gasteiger partial charge in [-0.15, -0.1) is 0 Å². The predicted octanol–water partition coefficient (Wildman–Crippen LogP) is 12.9. The number of carbonyl (C=O) groups excluding carboxylic acids is 3. The molecule has 102 heavy (non-hydrogen) atoms. The number of aliphatic hydroxyl groups is 3. The first-order chi connectivity index (χ1) is 48.9. The molecule has 9 heterocycles. The summed E-state index contributed by atoms with van der Waals surface area (Å²) in [5.41, 5.74) is 11.3. The molecule has 27 heteroatoms. The molecule has 24 nitrogen and oxygen atoms in total. The molecule has 0 aliphatic rings. The molecule has 1 unspecified atom stereocenters. The van der Waals surface area contributed by atoms with Crippen LogP contribution in [-0.2, 0) is 52.3 Å². The fraction of sp³-hybridized carbons (Fsp3) is 0.120. The van der Waals surface area contributed by atoms with Crippen molar-refractivity contribution in [3.05, 3.63) is 270 Å². The van der Waals surface area contributed by atoms with Gasteiger partial charge in [-0.25, -0.2) is 28.5 Å². The summed E-state index contributed by atoms with van der Waals surface area (Å²) in [7, 11) is 5.62. The predicted molar refractivity (Wildman–Crippen MR) is 391 cm³/mol. The number of aromatic nitrogens is 15. The molecule has 3 atom stereocenters.